The van der Waals surface area contributed by atoms with Crippen LogP contribution in [0.25, 0.3) is 0 Å². The zero-order valence-electron chi connectivity index (χ0n) is 13.0. The molecule has 0 bridgehead atoms. The molecule has 2 aliphatic rings. The van der Waals surface area contributed by atoms with E-state index < -0.39 is 0 Å². The minimum absolute atomic E-state index is 0.0449. The molecule has 0 saturated carbocycles. The molecule has 2 aliphatic heterocycles. The number of amides is 1. The monoisotopic (exact) mass is 306 g/mol. The first kappa shape index (κ1) is 15.3. The minimum Gasteiger partial charge on any atom is -0.381 e. The third-order valence-corrected chi connectivity index (χ3v) is 4.46. The van der Waals surface area contributed by atoms with Crippen LogP contribution in [0.3, 0.4) is 0 Å². The number of rotatable bonds is 3. The summed E-state index contributed by atoms with van der Waals surface area (Å²) in [5.41, 5.74) is 2.96. The Labute approximate surface area is 130 Å². The molecule has 0 radical (unpaired) electrons. The van der Waals surface area contributed by atoms with Crippen molar-refractivity contribution in [2.45, 2.75) is 38.6 Å². The van der Waals surface area contributed by atoms with Gasteiger partial charge in [0.05, 0.1) is 6.54 Å². The average molecular weight is 306 g/mol. The van der Waals surface area contributed by atoms with E-state index in [0.717, 1.165) is 62.3 Å². The van der Waals surface area contributed by atoms with Crippen LogP contribution in [0, 0.1) is 12.7 Å². The third-order valence-electron chi connectivity index (χ3n) is 4.46. The molecule has 0 spiro atoms. The van der Waals surface area contributed by atoms with Gasteiger partial charge in [-0.3, -0.25) is 4.79 Å². The number of aryl methyl sites for hydroxylation is 2. The van der Waals surface area contributed by atoms with Crippen LogP contribution in [-0.2, 0) is 16.0 Å². The van der Waals surface area contributed by atoms with Gasteiger partial charge in [0, 0.05) is 31.5 Å². The largest absolute Gasteiger partial charge is 0.381 e. The van der Waals surface area contributed by atoms with Gasteiger partial charge in [0.25, 0.3) is 0 Å². The molecule has 1 saturated heterocycles. The number of benzene rings is 1. The van der Waals surface area contributed by atoms with Crippen molar-refractivity contribution in [2.24, 2.45) is 0 Å². The molecule has 0 unspecified atom stereocenters. The predicted molar refractivity (Wildman–Crippen MR) is 83.7 cm³/mol. The number of nitrogens with zero attached hydrogens (tertiary/aromatic N) is 1. The molecule has 0 atom stereocenters. The Balaban J connectivity index is 1.67. The van der Waals surface area contributed by atoms with Gasteiger partial charge < -0.3 is 15.0 Å². The van der Waals surface area contributed by atoms with Crippen molar-refractivity contribution < 1.29 is 13.9 Å². The Hall–Kier alpha value is -1.62. The summed E-state index contributed by atoms with van der Waals surface area (Å²) in [4.78, 5) is 14.4. The van der Waals surface area contributed by atoms with E-state index in [4.69, 9.17) is 4.74 Å². The van der Waals surface area contributed by atoms with Gasteiger partial charge in [0.2, 0.25) is 5.91 Å². The maximum absolute atomic E-state index is 13.5. The second-order valence-electron chi connectivity index (χ2n) is 6.21. The number of carbonyl (C=O) groups is 1. The van der Waals surface area contributed by atoms with Crippen LogP contribution in [0.15, 0.2) is 12.1 Å². The van der Waals surface area contributed by atoms with Crippen LogP contribution < -0.4 is 10.2 Å². The SMILES string of the molecule is Cc1cc(F)cc2c1N(CC(=O)NC1CCOCC1)CCC2. The Kier molecular flexibility index (Phi) is 4.62. The van der Waals surface area contributed by atoms with E-state index in [-0.39, 0.29) is 17.8 Å². The van der Waals surface area contributed by atoms with Crippen molar-refractivity contribution in [2.75, 3.05) is 31.2 Å². The summed E-state index contributed by atoms with van der Waals surface area (Å²) in [5, 5.41) is 3.09. The van der Waals surface area contributed by atoms with Crippen LogP contribution in [0.5, 0.6) is 0 Å². The lowest BCUT2D eigenvalue weighted by Gasteiger charge is -2.33. The van der Waals surface area contributed by atoms with Gasteiger partial charge in [0.1, 0.15) is 5.82 Å². The highest BCUT2D eigenvalue weighted by atomic mass is 19.1. The third kappa shape index (κ3) is 3.40. The van der Waals surface area contributed by atoms with E-state index in [1.807, 2.05) is 6.92 Å². The van der Waals surface area contributed by atoms with Crippen molar-refractivity contribution in [3.8, 4) is 0 Å². The summed E-state index contributed by atoms with van der Waals surface area (Å²) in [6.07, 6.45) is 3.60. The minimum atomic E-state index is -0.190. The highest BCUT2D eigenvalue weighted by Crippen LogP contribution is 2.31. The highest BCUT2D eigenvalue weighted by molar-refractivity contribution is 5.82. The van der Waals surface area contributed by atoms with Gasteiger partial charge in [0.15, 0.2) is 0 Å². The highest BCUT2D eigenvalue weighted by Gasteiger charge is 2.23. The molecule has 4 nitrogen and oxygen atoms in total. The van der Waals surface area contributed by atoms with Crippen LogP contribution in [0.4, 0.5) is 10.1 Å². The molecule has 22 heavy (non-hydrogen) atoms. The van der Waals surface area contributed by atoms with Crippen molar-refractivity contribution in [1.82, 2.24) is 5.32 Å². The first-order valence-corrected chi connectivity index (χ1v) is 8.04. The number of hydrogen-bond acceptors (Lipinski definition) is 3. The Bertz CT molecular complexity index is 556. The lowest BCUT2D eigenvalue weighted by Crippen LogP contribution is -2.45. The summed E-state index contributed by atoms with van der Waals surface area (Å²) in [7, 11) is 0. The van der Waals surface area contributed by atoms with E-state index in [1.165, 1.54) is 0 Å². The van der Waals surface area contributed by atoms with Crippen LogP contribution in [-0.4, -0.2) is 38.3 Å². The number of anilines is 1. The molecule has 1 N–H and O–H groups in total. The Morgan fingerprint density at radius 3 is 2.95 bits per heavy atom. The Morgan fingerprint density at radius 2 is 2.18 bits per heavy atom. The lowest BCUT2D eigenvalue weighted by molar-refractivity contribution is -0.121. The van der Waals surface area contributed by atoms with Gasteiger partial charge >= 0.3 is 0 Å². The van der Waals surface area contributed by atoms with Gasteiger partial charge in [-0.1, -0.05) is 0 Å². The van der Waals surface area contributed by atoms with Gasteiger partial charge in [-0.05, 0) is 55.9 Å². The molecule has 1 aromatic carbocycles. The zero-order valence-corrected chi connectivity index (χ0v) is 13.0. The summed E-state index contributed by atoms with van der Waals surface area (Å²) in [5.74, 6) is -0.145. The second-order valence-corrected chi connectivity index (χ2v) is 6.21. The van der Waals surface area contributed by atoms with Gasteiger partial charge in [-0.2, -0.15) is 0 Å². The number of carbonyl (C=O) groups excluding carboxylic acids is 1. The van der Waals surface area contributed by atoms with Crippen molar-refractivity contribution in [1.29, 1.82) is 0 Å². The number of fused-ring (bicyclic) bond motifs is 1. The normalized spacial score (nSPS) is 18.9. The molecule has 2 heterocycles. The van der Waals surface area contributed by atoms with E-state index in [2.05, 4.69) is 10.2 Å². The molecule has 5 heteroatoms. The number of ether oxygens (including phenoxy) is 1. The van der Waals surface area contributed by atoms with E-state index in [1.54, 1.807) is 12.1 Å². The van der Waals surface area contributed by atoms with Crippen molar-refractivity contribution >= 4 is 11.6 Å². The van der Waals surface area contributed by atoms with Crippen molar-refractivity contribution in [3.63, 3.8) is 0 Å². The molecular formula is C17H23FN2O2. The fourth-order valence-electron chi connectivity index (χ4n) is 3.47. The van der Waals surface area contributed by atoms with E-state index in [9.17, 15) is 9.18 Å². The Morgan fingerprint density at radius 1 is 1.41 bits per heavy atom. The van der Waals surface area contributed by atoms with E-state index >= 15 is 0 Å². The first-order chi connectivity index (χ1) is 10.6. The molecule has 0 aliphatic carbocycles. The summed E-state index contributed by atoms with van der Waals surface area (Å²) in [6, 6.07) is 3.37. The summed E-state index contributed by atoms with van der Waals surface area (Å²) >= 11 is 0. The molecule has 1 amide bonds. The number of hydrogen-bond donors (Lipinski definition) is 1. The van der Waals surface area contributed by atoms with Gasteiger partial charge in [-0.25, -0.2) is 4.39 Å². The standard InChI is InChI=1S/C17H23FN2O2/c1-12-9-14(18)10-13-3-2-6-20(17(12)13)11-16(21)19-15-4-7-22-8-5-15/h9-10,15H,2-8,11H2,1H3,(H,19,21). The van der Waals surface area contributed by atoms with Crippen molar-refractivity contribution in [3.05, 3.63) is 29.1 Å². The maximum Gasteiger partial charge on any atom is 0.239 e. The van der Waals surface area contributed by atoms with Crippen LogP contribution in [0.2, 0.25) is 0 Å². The molecule has 3 rings (SSSR count). The fraction of sp³-hybridized carbons (Fsp3) is 0.588. The average Bonchev–Trinajstić information content (AvgIpc) is 2.47. The molecule has 0 aromatic heterocycles. The van der Waals surface area contributed by atoms with Crippen LogP contribution in [0.1, 0.15) is 30.4 Å². The second kappa shape index (κ2) is 6.65. The topological polar surface area (TPSA) is 41.6 Å². The zero-order chi connectivity index (χ0) is 15.5. The maximum atomic E-state index is 13.5. The van der Waals surface area contributed by atoms with Gasteiger partial charge in [-0.15, -0.1) is 0 Å². The smallest absolute Gasteiger partial charge is 0.239 e. The molecule has 120 valence electrons. The summed E-state index contributed by atoms with van der Waals surface area (Å²) < 4.78 is 18.9. The predicted octanol–water partition coefficient (Wildman–Crippen LogP) is 2.18. The number of nitrogens with one attached hydrogen (secondary N) is 1. The molecule has 1 aromatic rings. The van der Waals surface area contributed by atoms with E-state index in [0.29, 0.717) is 6.54 Å². The quantitative estimate of drug-likeness (QED) is 0.930. The summed E-state index contributed by atoms with van der Waals surface area (Å²) in [6.45, 7) is 4.54. The lowest BCUT2D eigenvalue weighted by atomic mass is 9.98. The fourth-order valence-corrected chi connectivity index (χ4v) is 3.47. The first-order valence-electron chi connectivity index (χ1n) is 8.04. The number of halogens is 1. The molecular weight excluding hydrogens is 283 g/mol. The molecule has 1 fully saturated rings. The van der Waals surface area contributed by atoms with Crippen LogP contribution >= 0.6 is 0 Å².